The Kier molecular flexibility index (Phi) is 9.17. The summed E-state index contributed by atoms with van der Waals surface area (Å²) in [6.07, 6.45) is 0.979. The van der Waals surface area contributed by atoms with Crippen LogP contribution in [0.2, 0.25) is 10.0 Å². The van der Waals surface area contributed by atoms with E-state index in [0.29, 0.717) is 12.8 Å². The SMILES string of the molecule is COc1ccc(-c2ccc(C[C@H](NC(=O)C3CCCN(S(=O)(=O)c4cc(Cl)cc(Cl)c4)C3)C(=O)O)cc2)cc1. The van der Waals surface area contributed by atoms with E-state index in [1.165, 1.54) is 22.5 Å². The Bertz CT molecular complexity index is 1430. The van der Waals surface area contributed by atoms with E-state index in [0.717, 1.165) is 22.4 Å². The number of benzene rings is 3. The fourth-order valence-corrected chi connectivity index (χ4v) is 6.79. The lowest BCUT2D eigenvalue weighted by atomic mass is 9.97. The highest BCUT2D eigenvalue weighted by Gasteiger charge is 2.35. The highest BCUT2D eigenvalue weighted by atomic mass is 35.5. The molecule has 0 aliphatic carbocycles. The van der Waals surface area contributed by atoms with Crippen molar-refractivity contribution in [2.24, 2.45) is 5.92 Å². The lowest BCUT2D eigenvalue weighted by molar-refractivity contribution is -0.142. The van der Waals surface area contributed by atoms with Gasteiger partial charge in [-0.25, -0.2) is 13.2 Å². The first-order valence-corrected chi connectivity index (χ1v) is 14.5. The largest absolute Gasteiger partial charge is 0.497 e. The second-order valence-electron chi connectivity index (χ2n) is 9.34. The molecular formula is C28H28Cl2N2O6S. The van der Waals surface area contributed by atoms with Crippen LogP contribution in [0.1, 0.15) is 18.4 Å². The van der Waals surface area contributed by atoms with Crippen LogP contribution in [0.5, 0.6) is 5.75 Å². The number of carbonyl (C=O) groups excluding carboxylic acids is 1. The molecular weight excluding hydrogens is 563 g/mol. The molecule has 0 spiro atoms. The molecule has 1 fully saturated rings. The van der Waals surface area contributed by atoms with Crippen molar-refractivity contribution in [3.05, 3.63) is 82.3 Å². The molecule has 1 aliphatic rings. The van der Waals surface area contributed by atoms with Gasteiger partial charge in [-0.05, 0) is 59.9 Å². The van der Waals surface area contributed by atoms with Crippen LogP contribution in [0, 0.1) is 5.92 Å². The van der Waals surface area contributed by atoms with Crippen molar-refractivity contribution in [2.75, 3.05) is 20.2 Å². The van der Waals surface area contributed by atoms with Crippen LogP contribution in [0.15, 0.2) is 71.6 Å². The van der Waals surface area contributed by atoms with Gasteiger partial charge in [-0.1, -0.05) is 59.6 Å². The summed E-state index contributed by atoms with van der Waals surface area (Å²) in [4.78, 5) is 25.0. The molecule has 1 unspecified atom stereocenters. The van der Waals surface area contributed by atoms with Gasteiger partial charge in [0, 0.05) is 29.6 Å². The second kappa shape index (κ2) is 12.4. The molecule has 2 N–H and O–H groups in total. The van der Waals surface area contributed by atoms with Gasteiger partial charge >= 0.3 is 5.97 Å². The van der Waals surface area contributed by atoms with Crippen molar-refractivity contribution in [3.63, 3.8) is 0 Å². The highest BCUT2D eigenvalue weighted by molar-refractivity contribution is 7.89. The molecule has 206 valence electrons. The molecule has 0 bridgehead atoms. The zero-order chi connectivity index (χ0) is 28.2. The van der Waals surface area contributed by atoms with E-state index in [2.05, 4.69) is 5.32 Å². The van der Waals surface area contributed by atoms with E-state index in [4.69, 9.17) is 27.9 Å². The second-order valence-corrected chi connectivity index (χ2v) is 12.1. The van der Waals surface area contributed by atoms with E-state index in [1.807, 2.05) is 48.5 Å². The molecule has 0 aromatic heterocycles. The molecule has 1 aliphatic heterocycles. The van der Waals surface area contributed by atoms with Gasteiger partial charge in [0.2, 0.25) is 15.9 Å². The predicted molar refractivity (Wildman–Crippen MR) is 150 cm³/mol. The van der Waals surface area contributed by atoms with Gasteiger partial charge in [0.05, 0.1) is 17.9 Å². The molecule has 0 saturated carbocycles. The Morgan fingerprint density at radius 2 is 1.62 bits per heavy atom. The average molecular weight is 592 g/mol. The fourth-order valence-electron chi connectivity index (χ4n) is 4.54. The Hall–Kier alpha value is -3.11. The number of halogens is 2. The Labute approximate surface area is 237 Å². The zero-order valence-corrected chi connectivity index (χ0v) is 23.5. The summed E-state index contributed by atoms with van der Waals surface area (Å²) in [7, 11) is -2.33. The maximum Gasteiger partial charge on any atom is 0.326 e. The molecule has 3 aromatic carbocycles. The van der Waals surface area contributed by atoms with Crippen molar-refractivity contribution in [1.82, 2.24) is 9.62 Å². The van der Waals surface area contributed by atoms with Crippen LogP contribution in [0.4, 0.5) is 0 Å². The topological polar surface area (TPSA) is 113 Å². The number of nitrogens with one attached hydrogen (secondary N) is 1. The number of aliphatic carboxylic acids is 1. The maximum atomic E-state index is 13.2. The number of amides is 1. The molecule has 3 aromatic rings. The number of ether oxygens (including phenoxy) is 1. The van der Waals surface area contributed by atoms with E-state index in [1.54, 1.807) is 7.11 Å². The molecule has 11 heteroatoms. The van der Waals surface area contributed by atoms with Gasteiger partial charge in [0.1, 0.15) is 11.8 Å². The number of methoxy groups -OCH3 is 1. The van der Waals surface area contributed by atoms with E-state index in [-0.39, 0.29) is 34.5 Å². The Morgan fingerprint density at radius 1 is 1.03 bits per heavy atom. The predicted octanol–water partition coefficient (Wildman–Crippen LogP) is 4.88. The lowest BCUT2D eigenvalue weighted by Gasteiger charge is -2.32. The quantitative estimate of drug-likeness (QED) is 0.367. The first-order valence-electron chi connectivity index (χ1n) is 12.3. The normalized spacial score (nSPS) is 16.8. The highest BCUT2D eigenvalue weighted by Crippen LogP contribution is 2.28. The molecule has 2 atom stereocenters. The van der Waals surface area contributed by atoms with Crippen LogP contribution >= 0.6 is 23.2 Å². The average Bonchev–Trinajstić information content (AvgIpc) is 2.92. The minimum Gasteiger partial charge on any atom is -0.497 e. The van der Waals surface area contributed by atoms with Gasteiger partial charge in [0.15, 0.2) is 0 Å². The summed E-state index contributed by atoms with van der Waals surface area (Å²) in [5.74, 6) is -1.61. The van der Waals surface area contributed by atoms with Crippen LogP contribution in [0.3, 0.4) is 0 Å². The number of carbonyl (C=O) groups is 2. The van der Waals surface area contributed by atoms with E-state index >= 15 is 0 Å². The van der Waals surface area contributed by atoms with Gasteiger partial charge in [-0.2, -0.15) is 4.31 Å². The molecule has 1 heterocycles. The van der Waals surface area contributed by atoms with Crippen molar-refractivity contribution >= 4 is 45.1 Å². The number of carboxylic acids is 1. The number of hydrogen-bond acceptors (Lipinski definition) is 5. The minimum atomic E-state index is -3.94. The fraction of sp³-hybridized carbons (Fsp3) is 0.286. The molecule has 1 saturated heterocycles. The third kappa shape index (κ3) is 7.10. The smallest absolute Gasteiger partial charge is 0.326 e. The first-order chi connectivity index (χ1) is 18.6. The summed E-state index contributed by atoms with van der Waals surface area (Å²) in [5, 5.41) is 12.8. The summed E-state index contributed by atoms with van der Waals surface area (Å²) in [5.41, 5.74) is 2.69. The summed E-state index contributed by atoms with van der Waals surface area (Å²) >= 11 is 12.0. The Balaban J connectivity index is 1.41. The lowest BCUT2D eigenvalue weighted by Crippen LogP contribution is -2.50. The van der Waals surface area contributed by atoms with Crippen molar-refractivity contribution in [1.29, 1.82) is 0 Å². The van der Waals surface area contributed by atoms with Gasteiger partial charge < -0.3 is 15.2 Å². The van der Waals surface area contributed by atoms with Crippen LogP contribution in [-0.2, 0) is 26.0 Å². The summed E-state index contributed by atoms with van der Waals surface area (Å²) in [6.45, 7) is 0.167. The van der Waals surface area contributed by atoms with E-state index in [9.17, 15) is 23.1 Å². The number of hydrogen-bond donors (Lipinski definition) is 2. The molecule has 39 heavy (non-hydrogen) atoms. The van der Waals surface area contributed by atoms with E-state index < -0.39 is 33.9 Å². The number of piperidine rings is 1. The minimum absolute atomic E-state index is 0.0532. The number of nitrogens with zero attached hydrogens (tertiary/aromatic N) is 1. The third-order valence-electron chi connectivity index (χ3n) is 6.66. The number of sulfonamides is 1. The summed E-state index contributed by atoms with van der Waals surface area (Å²) < 4.78 is 32.7. The van der Waals surface area contributed by atoms with Crippen molar-refractivity contribution in [3.8, 4) is 16.9 Å². The van der Waals surface area contributed by atoms with Gasteiger partial charge in [-0.15, -0.1) is 0 Å². The van der Waals surface area contributed by atoms with Crippen LogP contribution in [-0.4, -0.2) is 55.9 Å². The molecule has 0 radical (unpaired) electrons. The van der Waals surface area contributed by atoms with Crippen LogP contribution < -0.4 is 10.1 Å². The van der Waals surface area contributed by atoms with Gasteiger partial charge in [-0.3, -0.25) is 4.79 Å². The standard InChI is InChI=1S/C28H28Cl2N2O6S/c1-38-24-10-8-20(9-11-24)19-6-4-18(5-7-19)13-26(28(34)35)31-27(33)21-3-2-12-32(17-21)39(36,37)25-15-22(29)14-23(30)16-25/h4-11,14-16,21,26H,2-3,12-13,17H2,1H3,(H,31,33)(H,34,35)/t21?,26-/m0/s1. The molecule has 8 nitrogen and oxygen atoms in total. The molecule has 4 rings (SSSR count). The summed E-state index contributed by atoms with van der Waals surface area (Å²) in [6, 6.07) is 17.9. The Morgan fingerprint density at radius 3 is 2.18 bits per heavy atom. The van der Waals surface area contributed by atoms with Crippen molar-refractivity contribution < 1.29 is 27.9 Å². The van der Waals surface area contributed by atoms with Gasteiger partial charge in [0.25, 0.3) is 0 Å². The number of rotatable bonds is 9. The third-order valence-corrected chi connectivity index (χ3v) is 8.94. The zero-order valence-electron chi connectivity index (χ0n) is 21.1. The maximum absolute atomic E-state index is 13.2. The number of carboxylic acid groups (broad SMARTS) is 1. The molecule has 1 amide bonds. The van der Waals surface area contributed by atoms with Crippen LogP contribution in [0.25, 0.3) is 11.1 Å². The van der Waals surface area contributed by atoms with Crippen molar-refractivity contribution in [2.45, 2.75) is 30.2 Å². The first kappa shape index (κ1) is 28.9. The monoisotopic (exact) mass is 590 g/mol.